The van der Waals surface area contributed by atoms with Crippen molar-refractivity contribution < 1.29 is 27.5 Å². The van der Waals surface area contributed by atoms with Gasteiger partial charge < -0.3 is 15.7 Å². The zero-order chi connectivity index (χ0) is 15.3. The molecule has 0 aliphatic rings. The molecule has 1 atom stereocenters. The van der Waals surface area contributed by atoms with Gasteiger partial charge in [-0.15, -0.1) is 0 Å². The van der Waals surface area contributed by atoms with E-state index in [0.717, 1.165) is 12.1 Å². The Bertz CT molecular complexity index is 477. The molecule has 0 aliphatic carbocycles. The van der Waals surface area contributed by atoms with Crippen molar-refractivity contribution in [3.8, 4) is 0 Å². The number of amides is 2. The summed E-state index contributed by atoms with van der Waals surface area (Å²) in [5.41, 5.74) is -1.80. The molecule has 20 heavy (non-hydrogen) atoms. The summed E-state index contributed by atoms with van der Waals surface area (Å²) in [5, 5.41) is 13.0. The zero-order valence-corrected chi connectivity index (χ0v) is 10.6. The van der Waals surface area contributed by atoms with E-state index in [2.05, 4.69) is 5.32 Å². The topological polar surface area (TPSA) is 61.4 Å². The number of alkyl halides is 3. The molecule has 2 amide bonds. The molecule has 0 saturated heterocycles. The van der Waals surface area contributed by atoms with Crippen molar-refractivity contribution in [3.05, 3.63) is 29.6 Å². The number of hydrogen-bond donors (Lipinski definition) is 3. The van der Waals surface area contributed by atoms with E-state index in [9.17, 15) is 22.4 Å². The van der Waals surface area contributed by atoms with Gasteiger partial charge in [-0.2, -0.15) is 13.2 Å². The summed E-state index contributed by atoms with van der Waals surface area (Å²) in [5.74, 6) is -1.04. The monoisotopic (exact) mass is 294 g/mol. The fraction of sp³-hybridized carbons (Fsp3) is 0.417. The third kappa shape index (κ3) is 4.69. The number of anilines is 1. The molecule has 8 heteroatoms. The van der Waals surface area contributed by atoms with Gasteiger partial charge in [0.25, 0.3) is 0 Å². The Labute approximate surface area is 112 Å². The van der Waals surface area contributed by atoms with Crippen LogP contribution in [0.4, 0.5) is 28.0 Å². The van der Waals surface area contributed by atoms with Gasteiger partial charge in [0.05, 0.1) is 11.3 Å². The number of hydrogen-bond acceptors (Lipinski definition) is 2. The van der Waals surface area contributed by atoms with Gasteiger partial charge in [-0.25, -0.2) is 9.18 Å². The maximum Gasteiger partial charge on any atom is 0.418 e. The van der Waals surface area contributed by atoms with Gasteiger partial charge in [-0.3, -0.25) is 0 Å². The Kier molecular flexibility index (Phi) is 5.32. The van der Waals surface area contributed by atoms with Crippen LogP contribution in [0.25, 0.3) is 0 Å². The van der Waals surface area contributed by atoms with E-state index < -0.39 is 35.3 Å². The predicted molar refractivity (Wildman–Crippen MR) is 64.7 cm³/mol. The van der Waals surface area contributed by atoms with Crippen molar-refractivity contribution in [2.45, 2.75) is 25.6 Å². The molecule has 0 aliphatic heterocycles. The molecule has 0 spiro atoms. The maximum atomic E-state index is 12.9. The van der Waals surface area contributed by atoms with Crippen molar-refractivity contribution in [3.63, 3.8) is 0 Å². The number of halogens is 4. The Morgan fingerprint density at radius 3 is 2.60 bits per heavy atom. The van der Waals surface area contributed by atoms with Gasteiger partial charge in [-0.05, 0) is 31.5 Å². The van der Waals surface area contributed by atoms with Crippen LogP contribution >= 0.6 is 0 Å². The van der Waals surface area contributed by atoms with E-state index in [0.29, 0.717) is 6.07 Å². The van der Waals surface area contributed by atoms with Gasteiger partial charge in [0.15, 0.2) is 0 Å². The van der Waals surface area contributed by atoms with Crippen LogP contribution in [0.2, 0.25) is 0 Å². The summed E-state index contributed by atoms with van der Waals surface area (Å²) >= 11 is 0. The molecular weight excluding hydrogens is 280 g/mol. The lowest BCUT2D eigenvalue weighted by Gasteiger charge is -2.16. The van der Waals surface area contributed by atoms with Crippen molar-refractivity contribution in [1.29, 1.82) is 0 Å². The van der Waals surface area contributed by atoms with Crippen LogP contribution in [-0.4, -0.2) is 23.8 Å². The van der Waals surface area contributed by atoms with Crippen LogP contribution in [0.5, 0.6) is 0 Å². The van der Waals surface area contributed by atoms with Crippen LogP contribution < -0.4 is 10.6 Å². The summed E-state index contributed by atoms with van der Waals surface area (Å²) in [4.78, 5) is 11.5. The Morgan fingerprint density at radius 1 is 1.40 bits per heavy atom. The number of urea groups is 1. The quantitative estimate of drug-likeness (QED) is 0.748. The highest BCUT2D eigenvalue weighted by molar-refractivity contribution is 5.90. The van der Waals surface area contributed by atoms with Crippen LogP contribution in [-0.2, 0) is 6.18 Å². The van der Waals surface area contributed by atoms with Crippen LogP contribution in [0.1, 0.15) is 18.9 Å². The molecule has 3 N–H and O–H groups in total. The summed E-state index contributed by atoms with van der Waals surface area (Å²) in [6.07, 6.45) is -4.51. The molecule has 112 valence electrons. The first-order valence-electron chi connectivity index (χ1n) is 5.79. The molecule has 0 radical (unpaired) electrons. The van der Waals surface area contributed by atoms with E-state index in [1.807, 2.05) is 5.32 Å². The molecule has 0 aromatic heterocycles. The minimum absolute atomic E-state index is 0.161. The Balaban J connectivity index is 2.85. The molecule has 0 bridgehead atoms. The van der Waals surface area contributed by atoms with Gasteiger partial charge >= 0.3 is 12.2 Å². The average molecular weight is 294 g/mol. The van der Waals surface area contributed by atoms with Crippen molar-refractivity contribution >= 4 is 11.7 Å². The standard InChI is InChI=1S/C12H14F4N2O2/c1-7(4-5-19)17-11(20)18-10-3-2-8(13)6-9(10)12(14,15)16/h2-3,6-7,19H,4-5H2,1H3,(H2,17,18,20)/t7-/m1/s1. The van der Waals surface area contributed by atoms with Crippen molar-refractivity contribution in [2.24, 2.45) is 0 Å². The fourth-order valence-electron chi connectivity index (χ4n) is 1.51. The van der Waals surface area contributed by atoms with Crippen LogP contribution in [0.15, 0.2) is 18.2 Å². The minimum Gasteiger partial charge on any atom is -0.396 e. The second-order valence-electron chi connectivity index (χ2n) is 4.20. The van der Waals surface area contributed by atoms with Gasteiger partial charge in [0.2, 0.25) is 0 Å². The largest absolute Gasteiger partial charge is 0.418 e. The summed E-state index contributed by atoms with van der Waals surface area (Å²) in [6, 6.07) is 0.710. The molecule has 1 aromatic rings. The number of aliphatic hydroxyl groups is 1. The number of aliphatic hydroxyl groups excluding tert-OH is 1. The number of rotatable bonds is 4. The fourth-order valence-corrected chi connectivity index (χ4v) is 1.51. The minimum atomic E-state index is -4.78. The summed E-state index contributed by atoms with van der Waals surface area (Å²) < 4.78 is 50.9. The van der Waals surface area contributed by atoms with Gasteiger partial charge in [0, 0.05) is 12.6 Å². The smallest absolute Gasteiger partial charge is 0.396 e. The van der Waals surface area contributed by atoms with Crippen LogP contribution in [0, 0.1) is 5.82 Å². The molecule has 0 heterocycles. The normalized spacial score (nSPS) is 12.9. The van der Waals surface area contributed by atoms with Gasteiger partial charge in [-0.1, -0.05) is 0 Å². The predicted octanol–water partition coefficient (Wildman–Crippen LogP) is 2.74. The summed E-state index contributed by atoms with van der Waals surface area (Å²) in [6.45, 7) is 1.43. The van der Waals surface area contributed by atoms with E-state index in [1.165, 1.54) is 0 Å². The van der Waals surface area contributed by atoms with E-state index in [1.54, 1.807) is 6.92 Å². The van der Waals surface area contributed by atoms with E-state index in [-0.39, 0.29) is 13.0 Å². The SMILES string of the molecule is C[C@H](CCO)NC(=O)Nc1ccc(F)cc1C(F)(F)F. The maximum absolute atomic E-state index is 12.9. The lowest BCUT2D eigenvalue weighted by Crippen LogP contribution is -2.37. The molecule has 0 unspecified atom stereocenters. The van der Waals surface area contributed by atoms with Crippen molar-refractivity contribution in [1.82, 2.24) is 5.32 Å². The second kappa shape index (κ2) is 6.56. The third-order valence-corrected chi connectivity index (χ3v) is 2.47. The second-order valence-corrected chi connectivity index (χ2v) is 4.20. The average Bonchev–Trinajstić information content (AvgIpc) is 2.30. The molecule has 1 rings (SSSR count). The Hall–Kier alpha value is -1.83. The first-order valence-corrected chi connectivity index (χ1v) is 5.79. The van der Waals surface area contributed by atoms with Crippen LogP contribution in [0.3, 0.4) is 0 Å². The lowest BCUT2D eigenvalue weighted by atomic mass is 10.1. The number of carbonyl (C=O) groups excluding carboxylic acids is 1. The first kappa shape index (κ1) is 16.2. The number of carbonyl (C=O) groups is 1. The molecule has 0 fully saturated rings. The highest BCUT2D eigenvalue weighted by Gasteiger charge is 2.34. The Morgan fingerprint density at radius 2 is 2.05 bits per heavy atom. The lowest BCUT2D eigenvalue weighted by molar-refractivity contribution is -0.137. The molecule has 4 nitrogen and oxygen atoms in total. The van der Waals surface area contributed by atoms with E-state index in [4.69, 9.17) is 5.11 Å². The number of benzene rings is 1. The third-order valence-electron chi connectivity index (χ3n) is 2.47. The van der Waals surface area contributed by atoms with E-state index >= 15 is 0 Å². The highest BCUT2D eigenvalue weighted by Crippen LogP contribution is 2.35. The van der Waals surface area contributed by atoms with Gasteiger partial charge in [0.1, 0.15) is 5.82 Å². The molecule has 0 saturated carbocycles. The number of nitrogens with one attached hydrogen (secondary N) is 2. The molecule has 1 aromatic carbocycles. The van der Waals surface area contributed by atoms with Crippen molar-refractivity contribution in [2.75, 3.05) is 11.9 Å². The molecular formula is C12H14F4N2O2. The summed E-state index contributed by atoms with van der Waals surface area (Å²) in [7, 11) is 0. The highest BCUT2D eigenvalue weighted by atomic mass is 19.4. The first-order chi connectivity index (χ1) is 9.24. The zero-order valence-electron chi connectivity index (χ0n) is 10.6.